The Morgan fingerprint density at radius 2 is 1.86 bits per heavy atom. The summed E-state index contributed by atoms with van der Waals surface area (Å²) in [7, 11) is 0. The third-order valence-electron chi connectivity index (χ3n) is 2.70. The number of alkyl halides is 3. The minimum Gasteiger partial charge on any atom is -0.398 e. The van der Waals surface area contributed by atoms with Crippen LogP contribution in [0.4, 0.5) is 24.5 Å². The Bertz CT molecular complexity index is 686. The van der Waals surface area contributed by atoms with Crippen molar-refractivity contribution < 1.29 is 18.0 Å². The monoisotopic (exact) mass is 358 g/mol. The van der Waals surface area contributed by atoms with Gasteiger partial charge in [0.2, 0.25) is 0 Å². The van der Waals surface area contributed by atoms with E-state index in [9.17, 15) is 18.0 Å². The summed E-state index contributed by atoms with van der Waals surface area (Å²) in [6.07, 6.45) is -4.60. The fraction of sp³-hybridized carbons (Fsp3) is 0.0714. The Hall–Kier alpha value is -2.02. The molecule has 0 aliphatic rings. The number of rotatable bonds is 2. The van der Waals surface area contributed by atoms with Gasteiger partial charge in [-0.2, -0.15) is 13.2 Å². The quantitative estimate of drug-likeness (QED) is 0.786. The highest BCUT2D eigenvalue weighted by molar-refractivity contribution is 9.10. The maximum Gasteiger partial charge on any atom is 0.418 e. The maximum absolute atomic E-state index is 12.8. The van der Waals surface area contributed by atoms with Gasteiger partial charge in [-0.05, 0) is 36.4 Å². The van der Waals surface area contributed by atoms with E-state index in [-0.39, 0.29) is 5.56 Å². The van der Waals surface area contributed by atoms with E-state index in [1.807, 2.05) is 0 Å². The number of benzene rings is 2. The van der Waals surface area contributed by atoms with E-state index in [4.69, 9.17) is 5.73 Å². The molecule has 0 spiro atoms. The molecule has 110 valence electrons. The van der Waals surface area contributed by atoms with Crippen molar-refractivity contribution >= 4 is 33.2 Å². The predicted molar refractivity (Wildman–Crippen MR) is 78.0 cm³/mol. The van der Waals surface area contributed by atoms with Gasteiger partial charge < -0.3 is 11.1 Å². The van der Waals surface area contributed by atoms with Crippen LogP contribution in [0.2, 0.25) is 0 Å². The van der Waals surface area contributed by atoms with Gasteiger partial charge in [-0.15, -0.1) is 0 Å². The minimum atomic E-state index is -4.60. The van der Waals surface area contributed by atoms with Crippen molar-refractivity contribution in [3.8, 4) is 0 Å². The summed E-state index contributed by atoms with van der Waals surface area (Å²) in [5.41, 5.74) is 4.21. The van der Waals surface area contributed by atoms with Crippen LogP contribution >= 0.6 is 15.9 Å². The summed E-state index contributed by atoms with van der Waals surface area (Å²) in [4.78, 5) is 12.0. The molecule has 0 aliphatic heterocycles. The zero-order valence-electron chi connectivity index (χ0n) is 10.5. The van der Waals surface area contributed by atoms with Gasteiger partial charge in [0.25, 0.3) is 5.91 Å². The lowest BCUT2D eigenvalue weighted by molar-refractivity contribution is -0.136. The third kappa shape index (κ3) is 3.75. The summed E-state index contributed by atoms with van der Waals surface area (Å²) in [5.74, 6) is -0.640. The fourth-order valence-electron chi connectivity index (χ4n) is 1.71. The number of halogens is 4. The molecule has 0 heterocycles. The van der Waals surface area contributed by atoms with Crippen molar-refractivity contribution in [2.75, 3.05) is 11.1 Å². The highest BCUT2D eigenvalue weighted by Gasteiger charge is 2.33. The smallest absolute Gasteiger partial charge is 0.398 e. The van der Waals surface area contributed by atoms with E-state index in [1.165, 1.54) is 6.07 Å². The molecule has 0 aromatic heterocycles. The SMILES string of the molecule is Nc1ccc(C(=O)Nc2cccc(Br)c2)cc1C(F)(F)F. The summed E-state index contributed by atoms with van der Waals surface area (Å²) in [6.45, 7) is 0. The molecule has 2 aromatic carbocycles. The van der Waals surface area contributed by atoms with Crippen LogP contribution in [0.25, 0.3) is 0 Å². The van der Waals surface area contributed by atoms with Crippen LogP contribution in [0, 0.1) is 0 Å². The molecule has 0 atom stereocenters. The molecule has 2 rings (SSSR count). The second-order valence-corrected chi connectivity index (χ2v) is 5.18. The first-order valence-corrected chi connectivity index (χ1v) is 6.60. The van der Waals surface area contributed by atoms with Gasteiger partial charge in [-0.25, -0.2) is 0 Å². The average molecular weight is 359 g/mol. The topological polar surface area (TPSA) is 55.1 Å². The molecule has 0 unspecified atom stereocenters. The number of nitrogens with two attached hydrogens (primary N) is 1. The van der Waals surface area contributed by atoms with Crippen LogP contribution in [0.15, 0.2) is 46.9 Å². The summed E-state index contributed by atoms with van der Waals surface area (Å²) >= 11 is 3.24. The first-order valence-electron chi connectivity index (χ1n) is 5.81. The molecule has 3 nitrogen and oxygen atoms in total. The number of carbonyl (C=O) groups is 1. The summed E-state index contributed by atoms with van der Waals surface area (Å²) < 4.78 is 39.0. The van der Waals surface area contributed by atoms with Crippen molar-refractivity contribution in [1.82, 2.24) is 0 Å². The second kappa shape index (κ2) is 5.77. The molecular weight excluding hydrogens is 349 g/mol. The summed E-state index contributed by atoms with van der Waals surface area (Å²) in [6, 6.07) is 9.79. The van der Waals surface area contributed by atoms with Crippen molar-refractivity contribution in [3.63, 3.8) is 0 Å². The number of nitrogens with one attached hydrogen (secondary N) is 1. The van der Waals surface area contributed by atoms with Crippen LogP contribution in [0.1, 0.15) is 15.9 Å². The number of hydrogen-bond acceptors (Lipinski definition) is 2. The minimum absolute atomic E-state index is 0.114. The highest BCUT2D eigenvalue weighted by Crippen LogP contribution is 2.34. The molecular formula is C14H10BrF3N2O. The second-order valence-electron chi connectivity index (χ2n) is 4.26. The van der Waals surface area contributed by atoms with Crippen molar-refractivity contribution in [2.24, 2.45) is 0 Å². The van der Waals surface area contributed by atoms with Crippen LogP contribution in [0.3, 0.4) is 0 Å². The standard InChI is InChI=1S/C14H10BrF3N2O/c15-9-2-1-3-10(7-9)20-13(21)8-4-5-12(19)11(6-8)14(16,17)18/h1-7H,19H2,(H,20,21). The van der Waals surface area contributed by atoms with Gasteiger partial charge in [-0.3, -0.25) is 4.79 Å². The number of carbonyl (C=O) groups excluding carboxylic acids is 1. The first-order chi connectivity index (χ1) is 9.77. The van der Waals surface area contributed by atoms with E-state index in [0.717, 1.165) is 16.6 Å². The lowest BCUT2D eigenvalue weighted by Crippen LogP contribution is -2.15. The van der Waals surface area contributed by atoms with Crippen LogP contribution < -0.4 is 11.1 Å². The van der Waals surface area contributed by atoms with Crippen molar-refractivity contribution in [2.45, 2.75) is 6.18 Å². The normalized spacial score (nSPS) is 11.2. The van der Waals surface area contributed by atoms with E-state index < -0.39 is 23.3 Å². The summed E-state index contributed by atoms with van der Waals surface area (Å²) in [5, 5.41) is 2.52. The molecule has 0 radical (unpaired) electrons. The van der Waals surface area contributed by atoms with Gasteiger partial charge >= 0.3 is 6.18 Å². The molecule has 0 saturated heterocycles. The van der Waals surface area contributed by atoms with Crippen LogP contribution in [-0.2, 0) is 6.18 Å². The molecule has 2 aromatic rings. The largest absolute Gasteiger partial charge is 0.418 e. The van der Waals surface area contributed by atoms with Gasteiger partial charge in [0, 0.05) is 21.4 Å². The molecule has 7 heteroatoms. The van der Waals surface area contributed by atoms with Gasteiger partial charge in [0.15, 0.2) is 0 Å². The lowest BCUT2D eigenvalue weighted by Gasteiger charge is -2.12. The van der Waals surface area contributed by atoms with Crippen LogP contribution in [-0.4, -0.2) is 5.91 Å². The first kappa shape index (κ1) is 15.4. The Morgan fingerprint density at radius 1 is 1.14 bits per heavy atom. The number of amides is 1. The Morgan fingerprint density at radius 3 is 2.48 bits per heavy atom. The van der Waals surface area contributed by atoms with Crippen LogP contribution in [0.5, 0.6) is 0 Å². The lowest BCUT2D eigenvalue weighted by atomic mass is 10.1. The van der Waals surface area contributed by atoms with E-state index in [0.29, 0.717) is 5.69 Å². The van der Waals surface area contributed by atoms with E-state index in [1.54, 1.807) is 24.3 Å². The fourth-order valence-corrected chi connectivity index (χ4v) is 2.11. The number of hydrogen-bond donors (Lipinski definition) is 2. The molecule has 0 fully saturated rings. The maximum atomic E-state index is 12.8. The molecule has 21 heavy (non-hydrogen) atoms. The molecule has 3 N–H and O–H groups in total. The Kier molecular flexibility index (Phi) is 4.22. The molecule has 0 bridgehead atoms. The van der Waals surface area contributed by atoms with E-state index >= 15 is 0 Å². The van der Waals surface area contributed by atoms with E-state index in [2.05, 4.69) is 21.2 Å². The Labute approximate surface area is 127 Å². The van der Waals surface area contributed by atoms with Crippen molar-refractivity contribution in [3.05, 3.63) is 58.1 Å². The molecule has 0 aliphatic carbocycles. The zero-order chi connectivity index (χ0) is 15.6. The number of anilines is 2. The number of nitrogen functional groups attached to an aromatic ring is 1. The highest BCUT2D eigenvalue weighted by atomic mass is 79.9. The van der Waals surface area contributed by atoms with Gasteiger partial charge in [-0.1, -0.05) is 22.0 Å². The van der Waals surface area contributed by atoms with Crippen molar-refractivity contribution in [1.29, 1.82) is 0 Å². The predicted octanol–water partition coefficient (Wildman–Crippen LogP) is 4.30. The van der Waals surface area contributed by atoms with Gasteiger partial charge in [0.1, 0.15) is 0 Å². The molecule has 0 saturated carbocycles. The molecule has 1 amide bonds. The van der Waals surface area contributed by atoms with Gasteiger partial charge in [0.05, 0.1) is 5.56 Å². The zero-order valence-corrected chi connectivity index (χ0v) is 12.1. The third-order valence-corrected chi connectivity index (χ3v) is 3.20. The Balaban J connectivity index is 2.28. The average Bonchev–Trinajstić information content (AvgIpc) is 2.37.